The van der Waals surface area contributed by atoms with Crippen LogP contribution in [0.4, 0.5) is 5.69 Å². The molecule has 1 aliphatic rings. The summed E-state index contributed by atoms with van der Waals surface area (Å²) in [5, 5.41) is 0. The fraction of sp³-hybridized carbons (Fsp3) is 0.462. The van der Waals surface area contributed by atoms with Crippen LogP contribution >= 0.6 is 0 Å². The van der Waals surface area contributed by atoms with Gasteiger partial charge in [0.1, 0.15) is 0 Å². The van der Waals surface area contributed by atoms with E-state index >= 15 is 0 Å². The highest BCUT2D eigenvalue weighted by molar-refractivity contribution is 5.79. The topological polar surface area (TPSA) is 49.6 Å². The lowest BCUT2D eigenvalue weighted by molar-refractivity contribution is -0.122. The lowest BCUT2D eigenvalue weighted by atomic mass is 10.2. The van der Waals surface area contributed by atoms with E-state index < -0.39 is 0 Å². The third-order valence-electron chi connectivity index (χ3n) is 3.40. The zero-order chi connectivity index (χ0) is 12.3. The molecule has 0 bridgehead atoms. The van der Waals surface area contributed by atoms with Crippen molar-refractivity contribution in [3.05, 3.63) is 30.3 Å². The molecule has 92 valence electrons. The SMILES string of the molecule is C[C@H](C(N)=O)N1CCN(c2ccccc2)CC1. The number of carbonyl (C=O) groups is 1. The molecule has 1 atom stereocenters. The molecule has 0 aromatic heterocycles. The van der Waals surface area contributed by atoms with Crippen LogP contribution in [0.2, 0.25) is 0 Å². The molecule has 1 amide bonds. The van der Waals surface area contributed by atoms with Gasteiger partial charge in [0.25, 0.3) is 0 Å². The first-order chi connectivity index (χ1) is 8.18. The molecular formula is C13H19N3O. The van der Waals surface area contributed by atoms with E-state index in [2.05, 4.69) is 21.9 Å². The summed E-state index contributed by atoms with van der Waals surface area (Å²) >= 11 is 0. The van der Waals surface area contributed by atoms with Crippen LogP contribution in [0.3, 0.4) is 0 Å². The van der Waals surface area contributed by atoms with Crippen LogP contribution in [0.15, 0.2) is 30.3 Å². The van der Waals surface area contributed by atoms with Crippen molar-refractivity contribution < 1.29 is 4.79 Å². The molecule has 4 nitrogen and oxygen atoms in total. The molecule has 0 unspecified atom stereocenters. The number of anilines is 1. The first-order valence-corrected chi connectivity index (χ1v) is 6.02. The minimum Gasteiger partial charge on any atom is -0.369 e. The number of rotatable bonds is 3. The van der Waals surface area contributed by atoms with Gasteiger partial charge in [-0.15, -0.1) is 0 Å². The Labute approximate surface area is 102 Å². The molecule has 1 aromatic carbocycles. The molecule has 0 aliphatic carbocycles. The maximum absolute atomic E-state index is 11.1. The predicted molar refractivity (Wildman–Crippen MR) is 68.9 cm³/mol. The van der Waals surface area contributed by atoms with Crippen LogP contribution in [-0.4, -0.2) is 43.0 Å². The second-order valence-electron chi connectivity index (χ2n) is 4.44. The highest BCUT2D eigenvalue weighted by atomic mass is 16.1. The number of hydrogen-bond acceptors (Lipinski definition) is 3. The second-order valence-corrected chi connectivity index (χ2v) is 4.44. The summed E-state index contributed by atoms with van der Waals surface area (Å²) in [5.41, 5.74) is 6.57. The van der Waals surface area contributed by atoms with Gasteiger partial charge in [-0.1, -0.05) is 18.2 Å². The average molecular weight is 233 g/mol. The van der Waals surface area contributed by atoms with Crippen LogP contribution in [0, 0.1) is 0 Å². The summed E-state index contributed by atoms with van der Waals surface area (Å²) in [6.07, 6.45) is 0. The Morgan fingerprint density at radius 2 is 1.76 bits per heavy atom. The quantitative estimate of drug-likeness (QED) is 0.835. The zero-order valence-corrected chi connectivity index (χ0v) is 10.2. The van der Waals surface area contributed by atoms with Crippen molar-refractivity contribution in [1.29, 1.82) is 0 Å². The number of benzene rings is 1. The smallest absolute Gasteiger partial charge is 0.234 e. The monoisotopic (exact) mass is 233 g/mol. The zero-order valence-electron chi connectivity index (χ0n) is 10.2. The summed E-state index contributed by atoms with van der Waals surface area (Å²) in [4.78, 5) is 15.6. The highest BCUT2D eigenvalue weighted by Crippen LogP contribution is 2.16. The first kappa shape index (κ1) is 11.9. The fourth-order valence-electron chi connectivity index (χ4n) is 2.19. The van der Waals surface area contributed by atoms with Gasteiger partial charge >= 0.3 is 0 Å². The molecular weight excluding hydrogens is 214 g/mol. The van der Waals surface area contributed by atoms with Gasteiger partial charge in [0, 0.05) is 31.9 Å². The van der Waals surface area contributed by atoms with Gasteiger partial charge in [0.2, 0.25) is 5.91 Å². The molecule has 1 fully saturated rings. The standard InChI is InChI=1S/C13H19N3O/c1-11(13(14)17)15-7-9-16(10-8-15)12-5-3-2-4-6-12/h2-6,11H,7-10H2,1H3,(H2,14,17)/t11-/m1/s1. The summed E-state index contributed by atoms with van der Waals surface area (Å²) < 4.78 is 0. The van der Waals surface area contributed by atoms with Gasteiger partial charge in [0.15, 0.2) is 0 Å². The molecule has 0 saturated carbocycles. The van der Waals surface area contributed by atoms with Crippen molar-refractivity contribution in [1.82, 2.24) is 4.90 Å². The second kappa shape index (κ2) is 5.19. The summed E-state index contributed by atoms with van der Waals surface area (Å²) in [6, 6.07) is 10.2. The number of para-hydroxylation sites is 1. The Balaban J connectivity index is 1.93. The number of hydrogen-bond donors (Lipinski definition) is 1. The van der Waals surface area contributed by atoms with E-state index in [9.17, 15) is 4.79 Å². The molecule has 0 spiro atoms. The number of piperazine rings is 1. The van der Waals surface area contributed by atoms with E-state index in [4.69, 9.17) is 5.73 Å². The summed E-state index contributed by atoms with van der Waals surface area (Å²) in [7, 11) is 0. The number of amides is 1. The number of nitrogens with two attached hydrogens (primary N) is 1. The molecule has 1 aromatic rings. The largest absolute Gasteiger partial charge is 0.369 e. The maximum atomic E-state index is 11.1. The molecule has 0 radical (unpaired) electrons. The van der Waals surface area contributed by atoms with E-state index in [0.29, 0.717) is 0 Å². The van der Waals surface area contributed by atoms with Gasteiger partial charge in [0.05, 0.1) is 6.04 Å². The predicted octanol–water partition coefficient (Wildman–Crippen LogP) is 0.682. The highest BCUT2D eigenvalue weighted by Gasteiger charge is 2.23. The van der Waals surface area contributed by atoms with Crippen LogP contribution in [0.1, 0.15) is 6.92 Å². The van der Waals surface area contributed by atoms with Crippen molar-refractivity contribution in [2.75, 3.05) is 31.1 Å². The minimum atomic E-state index is -0.238. The van der Waals surface area contributed by atoms with E-state index in [1.807, 2.05) is 25.1 Å². The van der Waals surface area contributed by atoms with Gasteiger partial charge < -0.3 is 10.6 Å². The average Bonchev–Trinajstić information content (AvgIpc) is 2.39. The van der Waals surface area contributed by atoms with E-state index in [1.165, 1.54) is 5.69 Å². The van der Waals surface area contributed by atoms with Crippen molar-refractivity contribution in [3.63, 3.8) is 0 Å². The molecule has 2 N–H and O–H groups in total. The third-order valence-corrected chi connectivity index (χ3v) is 3.40. The Morgan fingerprint density at radius 3 is 2.29 bits per heavy atom. The molecule has 2 rings (SSSR count). The Morgan fingerprint density at radius 1 is 1.18 bits per heavy atom. The lowest BCUT2D eigenvalue weighted by Crippen LogP contribution is -2.53. The minimum absolute atomic E-state index is 0.159. The summed E-state index contributed by atoms with van der Waals surface area (Å²) in [5.74, 6) is -0.238. The van der Waals surface area contributed by atoms with E-state index in [1.54, 1.807) is 0 Å². The summed E-state index contributed by atoms with van der Waals surface area (Å²) in [6.45, 7) is 5.54. The maximum Gasteiger partial charge on any atom is 0.234 e. The normalized spacial score (nSPS) is 19.0. The van der Waals surface area contributed by atoms with Crippen LogP contribution in [0.5, 0.6) is 0 Å². The lowest BCUT2D eigenvalue weighted by Gasteiger charge is -2.38. The first-order valence-electron chi connectivity index (χ1n) is 6.02. The van der Waals surface area contributed by atoms with Gasteiger partial charge in [-0.05, 0) is 19.1 Å². The van der Waals surface area contributed by atoms with Crippen LogP contribution < -0.4 is 10.6 Å². The molecule has 1 heterocycles. The number of nitrogens with zero attached hydrogens (tertiary/aromatic N) is 2. The van der Waals surface area contributed by atoms with Crippen LogP contribution in [0.25, 0.3) is 0 Å². The van der Waals surface area contributed by atoms with Gasteiger partial charge in [-0.2, -0.15) is 0 Å². The Kier molecular flexibility index (Phi) is 3.64. The number of carbonyl (C=O) groups excluding carboxylic acids is 1. The van der Waals surface area contributed by atoms with E-state index in [-0.39, 0.29) is 11.9 Å². The number of primary amides is 1. The van der Waals surface area contributed by atoms with Crippen molar-refractivity contribution in [2.24, 2.45) is 5.73 Å². The van der Waals surface area contributed by atoms with Crippen LogP contribution in [-0.2, 0) is 4.79 Å². The molecule has 1 saturated heterocycles. The Bertz CT molecular complexity index is 372. The van der Waals surface area contributed by atoms with Crippen molar-refractivity contribution in [3.8, 4) is 0 Å². The third kappa shape index (κ3) is 2.77. The Hall–Kier alpha value is -1.55. The van der Waals surface area contributed by atoms with Crippen molar-refractivity contribution >= 4 is 11.6 Å². The molecule has 1 aliphatic heterocycles. The van der Waals surface area contributed by atoms with E-state index in [0.717, 1.165) is 26.2 Å². The van der Waals surface area contributed by atoms with Crippen molar-refractivity contribution in [2.45, 2.75) is 13.0 Å². The van der Waals surface area contributed by atoms with Gasteiger partial charge in [-0.25, -0.2) is 0 Å². The van der Waals surface area contributed by atoms with Gasteiger partial charge in [-0.3, -0.25) is 9.69 Å². The molecule has 17 heavy (non-hydrogen) atoms. The fourth-order valence-corrected chi connectivity index (χ4v) is 2.19. The molecule has 4 heteroatoms.